The molecule has 3 unspecified atom stereocenters. The minimum Gasteiger partial charge on any atom is -0.462 e. The Morgan fingerprint density at radius 1 is 1.24 bits per heavy atom. The molecular formula is C19H28O2. The Balaban J connectivity index is 1.85. The van der Waals surface area contributed by atoms with E-state index in [1.54, 1.807) is 0 Å². The Morgan fingerprint density at radius 3 is 2.62 bits per heavy atom. The summed E-state index contributed by atoms with van der Waals surface area (Å²) in [5.41, 5.74) is 1.20. The normalized spacial score (nSPS) is 25.8. The van der Waals surface area contributed by atoms with Gasteiger partial charge in [0.25, 0.3) is 0 Å². The van der Waals surface area contributed by atoms with Crippen LogP contribution in [0, 0.1) is 17.8 Å². The molecule has 0 aliphatic heterocycles. The Labute approximate surface area is 128 Å². The first-order valence-electron chi connectivity index (χ1n) is 8.29. The van der Waals surface area contributed by atoms with E-state index >= 15 is 0 Å². The standard InChI is InChI=1S/C19H28O2/c1-14(2)17-11-9-15(3)13-18(17)21-19(20)12-10-16-7-5-4-6-8-16/h4-8,14-15,17-18H,9-13H2,1-3H3. The highest BCUT2D eigenvalue weighted by Gasteiger charge is 2.33. The lowest BCUT2D eigenvalue weighted by Gasteiger charge is -2.36. The molecule has 2 heteroatoms. The molecule has 0 spiro atoms. The summed E-state index contributed by atoms with van der Waals surface area (Å²) in [5.74, 6) is 1.75. The molecular weight excluding hydrogens is 260 g/mol. The molecule has 116 valence electrons. The number of hydrogen-bond donors (Lipinski definition) is 0. The molecule has 0 amide bonds. The van der Waals surface area contributed by atoms with Crippen molar-refractivity contribution in [2.24, 2.45) is 17.8 Å². The molecule has 2 nitrogen and oxygen atoms in total. The van der Waals surface area contributed by atoms with Crippen LogP contribution in [0.15, 0.2) is 30.3 Å². The number of carbonyl (C=O) groups excluding carboxylic acids is 1. The van der Waals surface area contributed by atoms with E-state index in [0.717, 1.165) is 12.8 Å². The predicted octanol–water partition coefficient (Wildman–Crippen LogP) is 4.62. The monoisotopic (exact) mass is 288 g/mol. The molecule has 21 heavy (non-hydrogen) atoms. The van der Waals surface area contributed by atoms with Crippen LogP contribution in [0.5, 0.6) is 0 Å². The molecule has 2 rings (SSSR count). The first kappa shape index (κ1) is 16.1. The fourth-order valence-corrected chi connectivity index (χ4v) is 3.37. The Bertz CT molecular complexity index is 438. The minimum atomic E-state index is -0.0383. The van der Waals surface area contributed by atoms with Gasteiger partial charge in [0.2, 0.25) is 0 Å². The lowest BCUT2D eigenvalue weighted by atomic mass is 9.75. The lowest BCUT2D eigenvalue weighted by molar-refractivity contribution is -0.155. The van der Waals surface area contributed by atoms with Gasteiger partial charge in [-0.1, -0.05) is 57.5 Å². The van der Waals surface area contributed by atoms with Crippen LogP contribution in [0.4, 0.5) is 0 Å². The van der Waals surface area contributed by atoms with Gasteiger partial charge in [0.15, 0.2) is 0 Å². The maximum Gasteiger partial charge on any atom is 0.306 e. The van der Waals surface area contributed by atoms with Gasteiger partial charge in [-0.3, -0.25) is 4.79 Å². The van der Waals surface area contributed by atoms with E-state index in [0.29, 0.717) is 24.2 Å². The molecule has 1 aliphatic carbocycles. The molecule has 1 aromatic carbocycles. The van der Waals surface area contributed by atoms with Crippen LogP contribution in [-0.4, -0.2) is 12.1 Å². The molecule has 1 aromatic rings. The maximum atomic E-state index is 12.1. The van der Waals surface area contributed by atoms with Crippen molar-refractivity contribution in [3.63, 3.8) is 0 Å². The van der Waals surface area contributed by atoms with Gasteiger partial charge in [0.1, 0.15) is 6.10 Å². The van der Waals surface area contributed by atoms with Crippen LogP contribution >= 0.6 is 0 Å². The summed E-state index contributed by atoms with van der Waals surface area (Å²) in [6.07, 6.45) is 4.86. The fourth-order valence-electron chi connectivity index (χ4n) is 3.37. The zero-order chi connectivity index (χ0) is 15.2. The molecule has 1 aliphatic rings. The third-order valence-corrected chi connectivity index (χ3v) is 4.70. The van der Waals surface area contributed by atoms with Crippen LogP contribution in [0.1, 0.15) is 52.0 Å². The van der Waals surface area contributed by atoms with Crippen molar-refractivity contribution in [3.8, 4) is 0 Å². The van der Waals surface area contributed by atoms with Crippen molar-refractivity contribution in [1.82, 2.24) is 0 Å². The van der Waals surface area contributed by atoms with E-state index in [1.807, 2.05) is 18.2 Å². The zero-order valence-corrected chi connectivity index (χ0v) is 13.5. The van der Waals surface area contributed by atoms with Gasteiger partial charge in [0.05, 0.1) is 0 Å². The van der Waals surface area contributed by atoms with Crippen LogP contribution < -0.4 is 0 Å². The second-order valence-electron chi connectivity index (χ2n) is 6.84. The SMILES string of the molecule is CC1CCC(C(C)C)C(OC(=O)CCc2ccccc2)C1. The average Bonchev–Trinajstić information content (AvgIpc) is 2.46. The highest BCUT2D eigenvalue weighted by molar-refractivity contribution is 5.70. The van der Waals surface area contributed by atoms with Gasteiger partial charge in [-0.25, -0.2) is 0 Å². The van der Waals surface area contributed by atoms with E-state index in [1.165, 1.54) is 18.4 Å². The largest absolute Gasteiger partial charge is 0.462 e. The summed E-state index contributed by atoms with van der Waals surface area (Å²) in [7, 11) is 0. The van der Waals surface area contributed by atoms with Crippen molar-refractivity contribution >= 4 is 5.97 Å². The highest BCUT2D eigenvalue weighted by Crippen LogP contribution is 2.35. The highest BCUT2D eigenvalue weighted by atomic mass is 16.5. The summed E-state index contributed by atoms with van der Waals surface area (Å²) in [6, 6.07) is 10.1. The van der Waals surface area contributed by atoms with E-state index in [-0.39, 0.29) is 12.1 Å². The van der Waals surface area contributed by atoms with Gasteiger partial charge in [0, 0.05) is 6.42 Å². The van der Waals surface area contributed by atoms with E-state index in [4.69, 9.17) is 4.74 Å². The first-order valence-corrected chi connectivity index (χ1v) is 8.29. The zero-order valence-electron chi connectivity index (χ0n) is 13.5. The fraction of sp³-hybridized carbons (Fsp3) is 0.632. The predicted molar refractivity (Wildman–Crippen MR) is 86.0 cm³/mol. The summed E-state index contributed by atoms with van der Waals surface area (Å²) < 4.78 is 5.82. The molecule has 1 fully saturated rings. The third-order valence-electron chi connectivity index (χ3n) is 4.70. The van der Waals surface area contributed by atoms with E-state index < -0.39 is 0 Å². The minimum absolute atomic E-state index is 0.0383. The summed E-state index contributed by atoms with van der Waals surface area (Å²) in [5, 5.41) is 0. The lowest BCUT2D eigenvalue weighted by Crippen LogP contribution is -2.35. The molecule has 0 bridgehead atoms. The van der Waals surface area contributed by atoms with Gasteiger partial charge in [-0.2, -0.15) is 0 Å². The maximum absolute atomic E-state index is 12.1. The van der Waals surface area contributed by atoms with Crippen molar-refractivity contribution in [1.29, 1.82) is 0 Å². The summed E-state index contributed by atoms with van der Waals surface area (Å²) >= 11 is 0. The van der Waals surface area contributed by atoms with Crippen LogP contribution in [-0.2, 0) is 16.0 Å². The van der Waals surface area contributed by atoms with Gasteiger partial charge in [-0.05, 0) is 42.6 Å². The van der Waals surface area contributed by atoms with Crippen molar-refractivity contribution in [3.05, 3.63) is 35.9 Å². The molecule has 0 aromatic heterocycles. The van der Waals surface area contributed by atoms with Crippen LogP contribution in [0.2, 0.25) is 0 Å². The van der Waals surface area contributed by atoms with Gasteiger partial charge < -0.3 is 4.74 Å². The number of benzene rings is 1. The quantitative estimate of drug-likeness (QED) is 0.739. The van der Waals surface area contributed by atoms with Gasteiger partial charge >= 0.3 is 5.97 Å². The number of esters is 1. The molecule has 0 saturated heterocycles. The van der Waals surface area contributed by atoms with Crippen LogP contribution in [0.3, 0.4) is 0 Å². The van der Waals surface area contributed by atoms with E-state index in [2.05, 4.69) is 32.9 Å². The van der Waals surface area contributed by atoms with Crippen molar-refractivity contribution in [2.45, 2.75) is 59.0 Å². The molecule has 1 saturated carbocycles. The smallest absolute Gasteiger partial charge is 0.306 e. The van der Waals surface area contributed by atoms with Crippen molar-refractivity contribution in [2.75, 3.05) is 0 Å². The van der Waals surface area contributed by atoms with Crippen molar-refractivity contribution < 1.29 is 9.53 Å². The Hall–Kier alpha value is -1.31. The molecule has 0 heterocycles. The topological polar surface area (TPSA) is 26.3 Å². The Kier molecular flexibility index (Phi) is 5.84. The Morgan fingerprint density at radius 2 is 1.95 bits per heavy atom. The second kappa shape index (κ2) is 7.63. The molecule has 0 N–H and O–H groups in total. The van der Waals surface area contributed by atoms with Gasteiger partial charge in [-0.15, -0.1) is 0 Å². The summed E-state index contributed by atoms with van der Waals surface area (Å²) in [4.78, 5) is 12.1. The van der Waals surface area contributed by atoms with E-state index in [9.17, 15) is 4.79 Å². The number of carbonyl (C=O) groups is 1. The van der Waals surface area contributed by atoms with Crippen LogP contribution in [0.25, 0.3) is 0 Å². The number of rotatable bonds is 5. The average molecular weight is 288 g/mol. The number of ether oxygens (including phenoxy) is 1. The number of hydrogen-bond acceptors (Lipinski definition) is 2. The third kappa shape index (κ3) is 4.87. The summed E-state index contributed by atoms with van der Waals surface area (Å²) in [6.45, 7) is 6.75. The second-order valence-corrected chi connectivity index (χ2v) is 6.84. The molecule has 3 atom stereocenters. The molecule has 0 radical (unpaired) electrons. The first-order chi connectivity index (χ1) is 10.1. The number of aryl methyl sites for hydroxylation is 1.